The zero-order valence-electron chi connectivity index (χ0n) is 13.9. The first-order valence-corrected chi connectivity index (χ1v) is 8.13. The lowest BCUT2D eigenvalue weighted by atomic mass is 9.85. The molecule has 2 N–H and O–H groups in total. The number of aliphatic hydroxyl groups is 1. The molecule has 2 heterocycles. The number of aryl methyl sites for hydroxylation is 2. The Balaban J connectivity index is 1.86. The predicted molar refractivity (Wildman–Crippen MR) is 86.8 cm³/mol. The molecule has 0 bridgehead atoms. The first-order chi connectivity index (χ1) is 10.4. The van der Waals surface area contributed by atoms with Gasteiger partial charge in [-0.05, 0) is 33.6 Å². The zero-order valence-corrected chi connectivity index (χ0v) is 13.9. The van der Waals surface area contributed by atoms with Crippen LogP contribution >= 0.6 is 0 Å². The van der Waals surface area contributed by atoms with Crippen molar-refractivity contribution in [3.63, 3.8) is 0 Å². The highest BCUT2D eigenvalue weighted by atomic mass is 16.3. The van der Waals surface area contributed by atoms with Crippen LogP contribution in [-0.2, 0) is 0 Å². The van der Waals surface area contributed by atoms with Crippen molar-refractivity contribution in [2.45, 2.75) is 59.0 Å². The van der Waals surface area contributed by atoms with Crippen LogP contribution in [0.2, 0.25) is 0 Å². The van der Waals surface area contributed by atoms with E-state index >= 15 is 0 Å². The van der Waals surface area contributed by atoms with Gasteiger partial charge in [-0.1, -0.05) is 13.3 Å². The maximum absolute atomic E-state index is 9.71. The van der Waals surface area contributed by atoms with Crippen LogP contribution in [0.25, 0.3) is 5.65 Å². The Morgan fingerprint density at radius 3 is 3.00 bits per heavy atom. The Morgan fingerprint density at radius 1 is 1.50 bits per heavy atom. The van der Waals surface area contributed by atoms with E-state index in [0.29, 0.717) is 6.04 Å². The number of nitrogens with zero attached hydrogens (tertiary/aromatic N) is 3. The van der Waals surface area contributed by atoms with E-state index < -0.39 is 0 Å². The molecular weight excluding hydrogens is 276 g/mol. The van der Waals surface area contributed by atoms with Gasteiger partial charge in [0.2, 0.25) is 0 Å². The summed E-state index contributed by atoms with van der Waals surface area (Å²) < 4.78 is 1.92. The third-order valence-corrected chi connectivity index (χ3v) is 5.24. The molecule has 5 nitrogen and oxygen atoms in total. The molecule has 0 aliphatic heterocycles. The van der Waals surface area contributed by atoms with Crippen LogP contribution in [0, 0.1) is 19.3 Å². The Labute approximate surface area is 131 Å². The van der Waals surface area contributed by atoms with Crippen molar-refractivity contribution in [2.24, 2.45) is 5.41 Å². The monoisotopic (exact) mass is 302 g/mol. The summed E-state index contributed by atoms with van der Waals surface area (Å²) in [6.07, 6.45) is 5.34. The van der Waals surface area contributed by atoms with Gasteiger partial charge in [0.15, 0.2) is 5.65 Å². The van der Waals surface area contributed by atoms with Crippen molar-refractivity contribution in [3.05, 3.63) is 29.2 Å². The second kappa shape index (κ2) is 5.63. The third-order valence-electron chi connectivity index (χ3n) is 5.24. The maximum Gasteiger partial charge on any atom is 0.155 e. The van der Waals surface area contributed by atoms with E-state index in [1.807, 2.05) is 23.7 Å². The summed E-state index contributed by atoms with van der Waals surface area (Å²) in [6, 6.07) is 2.53. The number of rotatable bonds is 4. The summed E-state index contributed by atoms with van der Waals surface area (Å²) in [4.78, 5) is 4.53. The molecule has 120 valence electrons. The Bertz CT molecular complexity index is 681. The fourth-order valence-electron chi connectivity index (χ4n) is 3.70. The van der Waals surface area contributed by atoms with Crippen molar-refractivity contribution in [1.82, 2.24) is 19.9 Å². The van der Waals surface area contributed by atoms with Gasteiger partial charge in [-0.3, -0.25) is 0 Å². The molecule has 2 aromatic rings. The molecular formula is C17H26N4O. The van der Waals surface area contributed by atoms with Gasteiger partial charge in [-0.15, -0.1) is 0 Å². The second-order valence-electron chi connectivity index (χ2n) is 7.00. The van der Waals surface area contributed by atoms with Crippen LogP contribution in [0.4, 0.5) is 0 Å². The molecule has 3 atom stereocenters. The summed E-state index contributed by atoms with van der Waals surface area (Å²) in [5, 5.41) is 17.9. The first-order valence-electron chi connectivity index (χ1n) is 8.13. The van der Waals surface area contributed by atoms with Gasteiger partial charge >= 0.3 is 0 Å². The first kappa shape index (κ1) is 15.4. The van der Waals surface area contributed by atoms with E-state index in [0.717, 1.165) is 29.9 Å². The summed E-state index contributed by atoms with van der Waals surface area (Å²) in [6.45, 7) is 8.67. The summed E-state index contributed by atoms with van der Waals surface area (Å²) in [5.74, 6) is 0. The Kier molecular flexibility index (Phi) is 3.95. The molecule has 3 unspecified atom stereocenters. The number of hydrogen-bond acceptors (Lipinski definition) is 4. The minimum Gasteiger partial charge on any atom is -0.396 e. The van der Waals surface area contributed by atoms with E-state index in [9.17, 15) is 5.11 Å². The van der Waals surface area contributed by atoms with Gasteiger partial charge in [-0.2, -0.15) is 5.10 Å². The maximum atomic E-state index is 9.71. The highest BCUT2D eigenvalue weighted by molar-refractivity contribution is 5.42. The van der Waals surface area contributed by atoms with E-state index in [1.165, 1.54) is 12.0 Å². The van der Waals surface area contributed by atoms with Crippen molar-refractivity contribution >= 4 is 5.65 Å². The minimum atomic E-state index is -0.0119. The quantitative estimate of drug-likeness (QED) is 0.911. The van der Waals surface area contributed by atoms with Gasteiger partial charge < -0.3 is 10.4 Å². The molecule has 1 fully saturated rings. The van der Waals surface area contributed by atoms with Crippen LogP contribution in [0.5, 0.6) is 0 Å². The molecule has 0 radical (unpaired) electrons. The molecule has 0 saturated heterocycles. The molecule has 1 aliphatic rings. The number of aromatic nitrogens is 3. The van der Waals surface area contributed by atoms with Crippen molar-refractivity contribution in [2.75, 3.05) is 6.61 Å². The highest BCUT2D eigenvalue weighted by Gasteiger charge is 2.38. The number of hydrogen-bond donors (Lipinski definition) is 2. The highest BCUT2D eigenvalue weighted by Crippen LogP contribution is 2.38. The summed E-state index contributed by atoms with van der Waals surface area (Å²) >= 11 is 0. The summed E-state index contributed by atoms with van der Waals surface area (Å²) in [5.41, 5.74) is 4.16. The lowest BCUT2D eigenvalue weighted by molar-refractivity contribution is 0.114. The average Bonchev–Trinajstić information content (AvgIpc) is 3.03. The SMILES string of the molecule is Cc1cc2ncc(C(C)NC3CCCC3(C)CO)c(C)n2n1. The van der Waals surface area contributed by atoms with Crippen LogP contribution in [-0.4, -0.2) is 32.4 Å². The molecule has 5 heteroatoms. The fourth-order valence-corrected chi connectivity index (χ4v) is 3.70. The average molecular weight is 302 g/mol. The fraction of sp³-hybridized carbons (Fsp3) is 0.647. The van der Waals surface area contributed by atoms with E-state index in [4.69, 9.17) is 0 Å². The van der Waals surface area contributed by atoms with Crippen LogP contribution < -0.4 is 5.32 Å². The normalized spacial score (nSPS) is 26.7. The molecule has 0 aromatic carbocycles. The lowest BCUT2D eigenvalue weighted by Crippen LogP contribution is -2.43. The smallest absolute Gasteiger partial charge is 0.155 e. The van der Waals surface area contributed by atoms with E-state index in [-0.39, 0.29) is 18.1 Å². The molecule has 22 heavy (non-hydrogen) atoms. The van der Waals surface area contributed by atoms with Crippen molar-refractivity contribution in [3.8, 4) is 0 Å². The number of nitrogens with one attached hydrogen (secondary N) is 1. The molecule has 0 amide bonds. The van der Waals surface area contributed by atoms with Gasteiger partial charge in [-0.25, -0.2) is 9.50 Å². The number of fused-ring (bicyclic) bond motifs is 1. The zero-order chi connectivity index (χ0) is 15.9. The van der Waals surface area contributed by atoms with Crippen LogP contribution in [0.15, 0.2) is 12.3 Å². The van der Waals surface area contributed by atoms with Gasteiger partial charge in [0.25, 0.3) is 0 Å². The summed E-state index contributed by atoms with van der Waals surface area (Å²) in [7, 11) is 0. The van der Waals surface area contributed by atoms with E-state index in [2.05, 4.69) is 36.2 Å². The lowest BCUT2D eigenvalue weighted by Gasteiger charge is -2.33. The number of aliphatic hydroxyl groups excluding tert-OH is 1. The predicted octanol–water partition coefficient (Wildman–Crippen LogP) is 2.55. The Morgan fingerprint density at radius 2 is 2.27 bits per heavy atom. The largest absolute Gasteiger partial charge is 0.396 e. The molecule has 2 aromatic heterocycles. The third kappa shape index (κ3) is 2.52. The molecule has 1 saturated carbocycles. The topological polar surface area (TPSA) is 62.5 Å². The van der Waals surface area contributed by atoms with Crippen molar-refractivity contribution in [1.29, 1.82) is 0 Å². The van der Waals surface area contributed by atoms with Crippen molar-refractivity contribution < 1.29 is 5.11 Å². The van der Waals surface area contributed by atoms with Crippen LogP contribution in [0.1, 0.15) is 56.1 Å². The van der Waals surface area contributed by atoms with Gasteiger partial charge in [0.1, 0.15) is 0 Å². The van der Waals surface area contributed by atoms with Crippen LogP contribution in [0.3, 0.4) is 0 Å². The standard InChI is InChI=1S/C17H26N4O/c1-11-8-16-18-9-14(13(3)21(16)20-11)12(2)19-15-6-5-7-17(15,4)10-22/h8-9,12,15,19,22H,5-7,10H2,1-4H3. The molecule has 1 aliphatic carbocycles. The minimum absolute atomic E-state index is 0.0119. The van der Waals surface area contributed by atoms with E-state index in [1.54, 1.807) is 0 Å². The molecule has 0 spiro atoms. The Hall–Kier alpha value is -1.46. The molecule has 3 rings (SSSR count). The second-order valence-corrected chi connectivity index (χ2v) is 7.00. The van der Waals surface area contributed by atoms with Gasteiger partial charge in [0.05, 0.1) is 5.69 Å². The van der Waals surface area contributed by atoms with Gasteiger partial charge in [0, 0.05) is 47.6 Å².